The van der Waals surface area contributed by atoms with Gasteiger partial charge in [-0.15, -0.1) is 0 Å². The van der Waals surface area contributed by atoms with Gasteiger partial charge in [0.2, 0.25) is 0 Å². The second-order valence-electron chi connectivity index (χ2n) is 10.5. The Morgan fingerprint density at radius 3 is 1.07 bits per heavy atom. The van der Waals surface area contributed by atoms with E-state index < -0.39 is 51.2 Å². The second kappa shape index (κ2) is 14.7. The Bertz CT molecular complexity index is 915. The number of nitrogens with zero attached hydrogens (tertiary/aromatic N) is 1. The van der Waals surface area contributed by atoms with Gasteiger partial charge in [0.15, 0.2) is 10.1 Å². The van der Waals surface area contributed by atoms with Crippen LogP contribution in [0.2, 0.25) is 0 Å². The smallest absolute Gasteiger partial charge is 0.460 e. The van der Waals surface area contributed by atoms with E-state index in [1.807, 2.05) is 0 Å². The first-order valence-corrected chi connectivity index (χ1v) is 13.8. The SMILES string of the molecule is CCCCCCCCCCCC[N+](C)(C)C.O=S(=O)([O-])C(F)(F)C(F)(F)C(F)(F)C(F)(F)C(F)(F)C(F)(F)C(F)(F)F. The lowest BCUT2D eigenvalue weighted by molar-refractivity contribution is -0.870. The molecule has 0 heterocycles. The van der Waals surface area contributed by atoms with Crippen molar-refractivity contribution in [2.45, 2.75) is 112 Å². The first kappa shape index (κ1) is 43.0. The Kier molecular flexibility index (Phi) is 15.1. The highest BCUT2D eigenvalue weighted by Gasteiger charge is 2.94. The third-order valence-corrected chi connectivity index (χ3v) is 6.68. The van der Waals surface area contributed by atoms with Gasteiger partial charge in [-0.2, -0.15) is 65.9 Å². The molecular formula is C22H34F15NO3S. The van der Waals surface area contributed by atoms with E-state index in [1.165, 1.54) is 70.8 Å². The first-order chi connectivity index (χ1) is 18.3. The molecule has 0 bridgehead atoms. The van der Waals surface area contributed by atoms with Gasteiger partial charge in [0.05, 0.1) is 27.7 Å². The van der Waals surface area contributed by atoms with Crippen molar-refractivity contribution in [1.29, 1.82) is 0 Å². The number of alkyl halides is 15. The summed E-state index contributed by atoms with van der Waals surface area (Å²) in [6.45, 7) is 3.62. The van der Waals surface area contributed by atoms with Crippen molar-refractivity contribution >= 4 is 10.1 Å². The minimum absolute atomic E-state index is 1.12. The predicted octanol–water partition coefficient (Wildman–Crippen LogP) is 8.48. The van der Waals surface area contributed by atoms with Crippen molar-refractivity contribution in [2.75, 3.05) is 27.7 Å². The van der Waals surface area contributed by atoms with Crippen LogP contribution in [0.3, 0.4) is 0 Å². The summed E-state index contributed by atoms with van der Waals surface area (Å²) in [7, 11) is -1.16. The van der Waals surface area contributed by atoms with Gasteiger partial charge < -0.3 is 9.04 Å². The molecule has 0 aromatic rings. The van der Waals surface area contributed by atoms with E-state index >= 15 is 0 Å². The van der Waals surface area contributed by atoms with Gasteiger partial charge in [-0.25, -0.2) is 8.42 Å². The lowest BCUT2D eigenvalue weighted by Crippen LogP contribution is -2.73. The molecule has 42 heavy (non-hydrogen) atoms. The summed E-state index contributed by atoms with van der Waals surface area (Å²) in [5, 5.41) is -7.81. The molecule has 0 aliphatic carbocycles. The van der Waals surface area contributed by atoms with Gasteiger partial charge in [0.25, 0.3) is 0 Å². The summed E-state index contributed by atoms with van der Waals surface area (Å²) in [5.74, 6) is -42.2. The van der Waals surface area contributed by atoms with Gasteiger partial charge in [0.1, 0.15) is 0 Å². The van der Waals surface area contributed by atoms with Gasteiger partial charge in [-0.1, -0.05) is 58.3 Å². The highest BCUT2D eigenvalue weighted by Crippen LogP contribution is 2.62. The van der Waals surface area contributed by atoms with E-state index in [1.54, 1.807) is 0 Å². The zero-order chi connectivity index (χ0) is 34.3. The summed E-state index contributed by atoms with van der Waals surface area (Å²) >= 11 is 0. The van der Waals surface area contributed by atoms with Crippen molar-refractivity contribution in [3.8, 4) is 0 Å². The third kappa shape index (κ3) is 9.92. The molecule has 0 aromatic heterocycles. The molecule has 0 radical (unpaired) electrons. The van der Waals surface area contributed by atoms with Crippen molar-refractivity contribution in [3.63, 3.8) is 0 Å². The van der Waals surface area contributed by atoms with Crippen LogP contribution in [-0.4, -0.2) is 86.2 Å². The third-order valence-electron chi connectivity index (χ3n) is 5.80. The number of quaternary nitrogens is 1. The number of unbranched alkanes of at least 4 members (excludes halogenated alkanes) is 9. The van der Waals surface area contributed by atoms with Crippen LogP contribution < -0.4 is 0 Å². The Morgan fingerprint density at radius 1 is 0.500 bits per heavy atom. The van der Waals surface area contributed by atoms with E-state index in [2.05, 4.69) is 28.1 Å². The van der Waals surface area contributed by atoms with Gasteiger partial charge in [-0.3, -0.25) is 0 Å². The Morgan fingerprint density at radius 2 is 0.786 bits per heavy atom. The van der Waals surface area contributed by atoms with Gasteiger partial charge in [-0.05, 0) is 12.8 Å². The molecule has 0 aliphatic rings. The predicted molar refractivity (Wildman–Crippen MR) is 120 cm³/mol. The fraction of sp³-hybridized carbons (Fsp3) is 1.00. The summed E-state index contributed by atoms with van der Waals surface area (Å²) < 4.78 is 218. The standard InChI is InChI=1S/C15H34N.C7HF15O3S/c1-5-6-7-8-9-10-11-12-13-14-15-16(2,3)4;8-1(9,2(10,11)4(14,15)6(18,19)20)3(12,13)5(16,17)7(21,22)26(23,24)25/h5-15H2,1-4H3;(H,23,24,25)/q+1;/p-1. The monoisotopic (exact) mass is 677 g/mol. The van der Waals surface area contributed by atoms with Crippen LogP contribution in [0.25, 0.3) is 0 Å². The lowest BCUT2D eigenvalue weighted by Gasteiger charge is -2.41. The van der Waals surface area contributed by atoms with E-state index in [-0.39, 0.29) is 0 Å². The largest absolute Gasteiger partial charge is 0.743 e. The highest BCUT2D eigenvalue weighted by molar-refractivity contribution is 7.86. The van der Waals surface area contributed by atoms with Crippen LogP contribution in [0.4, 0.5) is 65.9 Å². The van der Waals surface area contributed by atoms with Crippen LogP contribution in [-0.2, 0) is 10.1 Å². The van der Waals surface area contributed by atoms with Crippen LogP contribution in [0, 0.1) is 0 Å². The maximum atomic E-state index is 12.9. The lowest BCUT2D eigenvalue weighted by atomic mass is 9.94. The molecule has 0 aromatic carbocycles. The molecule has 0 aliphatic heterocycles. The quantitative estimate of drug-likeness (QED) is 0.0672. The Balaban J connectivity index is 0. The van der Waals surface area contributed by atoms with Crippen molar-refractivity contribution in [2.24, 2.45) is 0 Å². The second-order valence-corrected chi connectivity index (χ2v) is 12.0. The number of rotatable bonds is 17. The minimum atomic E-state index is -8.63. The fourth-order valence-corrected chi connectivity index (χ4v) is 3.63. The molecule has 256 valence electrons. The van der Waals surface area contributed by atoms with Crippen LogP contribution in [0.15, 0.2) is 0 Å². The molecule has 0 N–H and O–H groups in total. The number of hydrogen-bond donors (Lipinski definition) is 0. The zero-order valence-corrected chi connectivity index (χ0v) is 23.8. The first-order valence-electron chi connectivity index (χ1n) is 12.4. The van der Waals surface area contributed by atoms with Gasteiger partial charge >= 0.3 is 41.0 Å². The van der Waals surface area contributed by atoms with Crippen molar-refractivity contribution < 1.29 is 83.3 Å². The Hall–Kier alpha value is -1.18. The molecular weight excluding hydrogens is 643 g/mol. The molecule has 0 rings (SSSR count). The molecule has 0 unspecified atom stereocenters. The van der Waals surface area contributed by atoms with Crippen LogP contribution in [0.5, 0.6) is 0 Å². The average molecular weight is 678 g/mol. The average Bonchev–Trinajstić information content (AvgIpc) is 2.77. The van der Waals surface area contributed by atoms with E-state index in [4.69, 9.17) is 0 Å². The minimum Gasteiger partial charge on any atom is -0.743 e. The maximum absolute atomic E-state index is 12.9. The van der Waals surface area contributed by atoms with Crippen molar-refractivity contribution in [3.05, 3.63) is 0 Å². The van der Waals surface area contributed by atoms with E-state index in [0.29, 0.717) is 0 Å². The van der Waals surface area contributed by atoms with E-state index in [9.17, 15) is 78.8 Å². The highest BCUT2D eigenvalue weighted by atomic mass is 32.2. The molecule has 4 nitrogen and oxygen atoms in total. The topological polar surface area (TPSA) is 57.2 Å². The maximum Gasteiger partial charge on any atom is 0.460 e. The number of halogens is 15. The number of hydrogen-bond acceptors (Lipinski definition) is 3. The zero-order valence-electron chi connectivity index (χ0n) is 23.0. The Labute approximate surface area is 233 Å². The van der Waals surface area contributed by atoms with E-state index in [0.717, 1.165) is 4.48 Å². The van der Waals surface area contributed by atoms with Gasteiger partial charge in [0, 0.05) is 0 Å². The summed E-state index contributed by atoms with van der Waals surface area (Å²) in [5.41, 5.74) is 0. The fourth-order valence-electron chi connectivity index (χ4n) is 3.18. The molecule has 0 saturated heterocycles. The van der Waals surface area contributed by atoms with Crippen LogP contribution >= 0.6 is 0 Å². The van der Waals surface area contributed by atoms with Crippen molar-refractivity contribution in [1.82, 2.24) is 0 Å². The molecule has 0 spiro atoms. The molecule has 0 atom stereocenters. The summed E-state index contributed by atoms with van der Waals surface area (Å²) in [4.78, 5) is 0. The molecule has 0 amide bonds. The molecule has 0 saturated carbocycles. The molecule has 20 heteroatoms. The van der Waals surface area contributed by atoms with Crippen LogP contribution in [0.1, 0.15) is 71.1 Å². The summed E-state index contributed by atoms with van der Waals surface area (Å²) in [6, 6.07) is 0. The molecule has 0 fully saturated rings. The summed E-state index contributed by atoms with van der Waals surface area (Å²) in [6.07, 6.45) is 6.64. The normalized spacial score (nSPS) is 15.0.